The number of nitrogens with zero attached hydrogens (tertiary/aromatic N) is 3. The molecular weight excluding hydrogens is 340 g/mol. The minimum Gasteiger partial charge on any atom is -0.368 e. The Balaban J connectivity index is 1.66. The molecule has 0 unspecified atom stereocenters. The van der Waals surface area contributed by atoms with Crippen LogP contribution < -0.4 is 5.73 Å². The molecule has 0 saturated carbocycles. The van der Waals surface area contributed by atoms with E-state index in [0.717, 1.165) is 28.6 Å². The Kier molecular flexibility index (Phi) is 4.18. The van der Waals surface area contributed by atoms with Crippen LogP contribution in [0, 0.1) is 6.92 Å². The van der Waals surface area contributed by atoms with E-state index in [1.54, 1.807) is 17.0 Å². The van der Waals surface area contributed by atoms with Crippen LogP contribution in [0.4, 0.5) is 0 Å². The highest BCUT2D eigenvalue weighted by atomic mass is 16.2. The number of likely N-dealkylation sites (tertiary alicyclic amines) is 1. The van der Waals surface area contributed by atoms with Gasteiger partial charge in [-0.2, -0.15) is 5.10 Å². The molecule has 2 amide bonds. The highest BCUT2D eigenvalue weighted by molar-refractivity contribution is 5.99. The van der Waals surface area contributed by atoms with E-state index in [9.17, 15) is 9.59 Å². The van der Waals surface area contributed by atoms with Crippen LogP contribution in [0.1, 0.15) is 28.8 Å². The lowest BCUT2D eigenvalue weighted by Gasteiger charge is -2.22. The van der Waals surface area contributed by atoms with E-state index in [1.165, 1.54) is 5.56 Å². The van der Waals surface area contributed by atoms with Crippen molar-refractivity contribution >= 4 is 22.7 Å². The highest BCUT2D eigenvalue weighted by Gasteiger charge is 2.33. The Morgan fingerprint density at radius 2 is 1.89 bits per heavy atom. The molecule has 27 heavy (non-hydrogen) atoms. The van der Waals surface area contributed by atoms with E-state index in [2.05, 4.69) is 30.2 Å². The van der Waals surface area contributed by atoms with Gasteiger partial charge in [0.05, 0.1) is 5.52 Å². The number of rotatable bonds is 3. The van der Waals surface area contributed by atoms with E-state index in [0.29, 0.717) is 18.5 Å². The Labute approximate surface area is 157 Å². The molecule has 0 radical (unpaired) electrons. The van der Waals surface area contributed by atoms with Gasteiger partial charge in [-0.25, -0.2) is 0 Å². The summed E-state index contributed by atoms with van der Waals surface area (Å²) in [7, 11) is 1.93. The van der Waals surface area contributed by atoms with Gasteiger partial charge in [-0.3, -0.25) is 14.3 Å². The van der Waals surface area contributed by atoms with Crippen molar-refractivity contribution in [3.05, 3.63) is 53.6 Å². The van der Waals surface area contributed by atoms with Crippen molar-refractivity contribution in [1.82, 2.24) is 14.7 Å². The fraction of sp³-hybridized carbons (Fsp3) is 0.286. The lowest BCUT2D eigenvalue weighted by atomic mass is 10.0. The van der Waals surface area contributed by atoms with Gasteiger partial charge in [-0.1, -0.05) is 23.8 Å². The first-order valence-corrected chi connectivity index (χ1v) is 9.10. The quantitative estimate of drug-likeness (QED) is 0.778. The van der Waals surface area contributed by atoms with E-state index < -0.39 is 11.9 Å². The summed E-state index contributed by atoms with van der Waals surface area (Å²) in [5.41, 5.74) is 10.1. The third kappa shape index (κ3) is 2.97. The second-order valence-corrected chi connectivity index (χ2v) is 7.13. The Morgan fingerprint density at radius 1 is 1.15 bits per heavy atom. The number of carbonyl (C=O) groups is 2. The molecule has 0 spiro atoms. The van der Waals surface area contributed by atoms with Crippen molar-refractivity contribution in [3.8, 4) is 11.3 Å². The monoisotopic (exact) mass is 362 g/mol. The van der Waals surface area contributed by atoms with E-state index in [4.69, 9.17) is 5.73 Å². The minimum atomic E-state index is -0.500. The molecule has 1 saturated heterocycles. The third-order valence-corrected chi connectivity index (χ3v) is 5.25. The Morgan fingerprint density at radius 3 is 2.59 bits per heavy atom. The molecule has 0 bridgehead atoms. The zero-order valence-corrected chi connectivity index (χ0v) is 15.5. The van der Waals surface area contributed by atoms with Gasteiger partial charge in [0.25, 0.3) is 5.91 Å². The van der Waals surface area contributed by atoms with Gasteiger partial charge in [-0.15, -0.1) is 0 Å². The van der Waals surface area contributed by atoms with Gasteiger partial charge in [0.15, 0.2) is 0 Å². The van der Waals surface area contributed by atoms with Gasteiger partial charge >= 0.3 is 0 Å². The number of benzene rings is 2. The standard InChI is InChI=1S/C21H22N4O2/c1-13-5-10-17-16(12-13)19(23-24(17)2)14-6-8-15(9-7-14)21(27)25-11-3-4-18(25)20(22)26/h5-10,12,18H,3-4,11H2,1-2H3,(H2,22,26)/t18-/m0/s1. The molecule has 3 aromatic rings. The van der Waals surface area contributed by atoms with Crippen molar-refractivity contribution in [2.45, 2.75) is 25.8 Å². The van der Waals surface area contributed by atoms with Crippen molar-refractivity contribution in [2.24, 2.45) is 12.8 Å². The summed E-state index contributed by atoms with van der Waals surface area (Å²) in [5.74, 6) is -0.586. The number of hydrogen-bond acceptors (Lipinski definition) is 3. The van der Waals surface area contributed by atoms with Crippen molar-refractivity contribution in [2.75, 3.05) is 6.54 Å². The summed E-state index contributed by atoms with van der Waals surface area (Å²) >= 11 is 0. The average molecular weight is 362 g/mol. The topological polar surface area (TPSA) is 81.2 Å². The summed E-state index contributed by atoms with van der Waals surface area (Å²) < 4.78 is 1.87. The summed E-state index contributed by atoms with van der Waals surface area (Å²) in [6.45, 7) is 2.63. The average Bonchev–Trinajstić information content (AvgIpc) is 3.26. The van der Waals surface area contributed by atoms with Crippen LogP contribution in [0.5, 0.6) is 0 Å². The fourth-order valence-electron chi connectivity index (χ4n) is 3.83. The van der Waals surface area contributed by atoms with Gasteiger partial charge < -0.3 is 10.6 Å². The number of fused-ring (bicyclic) bond motifs is 1. The zero-order valence-electron chi connectivity index (χ0n) is 15.5. The number of hydrogen-bond donors (Lipinski definition) is 1. The molecule has 1 fully saturated rings. The largest absolute Gasteiger partial charge is 0.368 e. The van der Waals surface area contributed by atoms with Crippen LogP contribution in [0.3, 0.4) is 0 Å². The maximum atomic E-state index is 12.8. The highest BCUT2D eigenvalue weighted by Crippen LogP contribution is 2.29. The number of aromatic nitrogens is 2. The van der Waals surface area contributed by atoms with Gasteiger partial charge in [0.2, 0.25) is 5.91 Å². The molecule has 2 N–H and O–H groups in total. The summed E-state index contributed by atoms with van der Waals surface area (Å²) in [6, 6.07) is 13.2. The van der Waals surface area contributed by atoms with Crippen LogP contribution in [-0.2, 0) is 11.8 Å². The number of amides is 2. The Hall–Kier alpha value is -3.15. The smallest absolute Gasteiger partial charge is 0.254 e. The van der Waals surface area contributed by atoms with Crippen molar-refractivity contribution in [3.63, 3.8) is 0 Å². The van der Waals surface area contributed by atoms with Crippen molar-refractivity contribution in [1.29, 1.82) is 0 Å². The molecule has 0 aliphatic carbocycles. The number of nitrogens with two attached hydrogens (primary N) is 1. The first kappa shape index (κ1) is 17.3. The van der Waals surface area contributed by atoms with Gasteiger partial charge in [0, 0.05) is 30.1 Å². The lowest BCUT2D eigenvalue weighted by molar-refractivity contribution is -0.121. The maximum absolute atomic E-state index is 12.8. The van der Waals surface area contributed by atoms with Crippen LogP contribution in [-0.4, -0.2) is 39.1 Å². The van der Waals surface area contributed by atoms with Gasteiger partial charge in [-0.05, 0) is 44.0 Å². The van der Waals surface area contributed by atoms with E-state index in [-0.39, 0.29) is 5.91 Å². The maximum Gasteiger partial charge on any atom is 0.254 e. The van der Waals surface area contributed by atoms with Crippen LogP contribution in [0.15, 0.2) is 42.5 Å². The first-order chi connectivity index (χ1) is 13.0. The molecule has 138 valence electrons. The van der Waals surface area contributed by atoms with Crippen molar-refractivity contribution < 1.29 is 9.59 Å². The molecule has 2 heterocycles. The summed E-state index contributed by atoms with van der Waals surface area (Å²) in [4.78, 5) is 25.9. The molecule has 2 aromatic carbocycles. The molecule has 1 aromatic heterocycles. The van der Waals surface area contributed by atoms with Crippen LogP contribution in [0.25, 0.3) is 22.2 Å². The number of primary amides is 1. The summed E-state index contributed by atoms with van der Waals surface area (Å²) in [5, 5.41) is 5.74. The number of aryl methyl sites for hydroxylation is 2. The predicted molar refractivity (Wildman–Crippen MR) is 104 cm³/mol. The number of carbonyl (C=O) groups excluding carboxylic acids is 2. The molecule has 1 atom stereocenters. The minimum absolute atomic E-state index is 0.149. The molecule has 1 aliphatic rings. The SMILES string of the molecule is Cc1ccc2c(c1)c(-c1ccc(C(=O)N3CCC[C@H]3C(N)=O)cc1)nn2C. The van der Waals surface area contributed by atoms with Crippen LogP contribution >= 0.6 is 0 Å². The summed E-state index contributed by atoms with van der Waals surface area (Å²) in [6.07, 6.45) is 1.44. The van der Waals surface area contributed by atoms with E-state index in [1.807, 2.05) is 23.9 Å². The van der Waals surface area contributed by atoms with E-state index >= 15 is 0 Å². The molecule has 6 nitrogen and oxygen atoms in total. The second kappa shape index (κ2) is 6.54. The third-order valence-electron chi connectivity index (χ3n) is 5.25. The zero-order chi connectivity index (χ0) is 19.1. The molecule has 6 heteroatoms. The predicted octanol–water partition coefficient (Wildman–Crippen LogP) is 2.64. The van der Waals surface area contributed by atoms with Crippen LogP contribution in [0.2, 0.25) is 0 Å². The van der Waals surface area contributed by atoms with Gasteiger partial charge in [0.1, 0.15) is 11.7 Å². The Bertz CT molecular complexity index is 1040. The molecular formula is C21H22N4O2. The molecule has 1 aliphatic heterocycles. The fourth-order valence-corrected chi connectivity index (χ4v) is 3.83. The lowest BCUT2D eigenvalue weighted by Crippen LogP contribution is -2.43. The first-order valence-electron chi connectivity index (χ1n) is 9.10. The normalized spacial score (nSPS) is 16.8. The second-order valence-electron chi connectivity index (χ2n) is 7.13. The molecule has 4 rings (SSSR count).